The lowest BCUT2D eigenvalue weighted by molar-refractivity contribution is -0.929. The Morgan fingerprint density at radius 3 is 1.09 bits per heavy atom. The van der Waals surface area contributed by atoms with Crippen LogP contribution in [0.3, 0.4) is 0 Å². The molecule has 6 nitrogen and oxygen atoms in total. The molecule has 0 saturated heterocycles. The van der Waals surface area contributed by atoms with Crippen LogP contribution in [0.5, 0.6) is 0 Å². The van der Waals surface area contributed by atoms with Crippen molar-refractivity contribution in [2.24, 2.45) is 11.5 Å². The van der Waals surface area contributed by atoms with Crippen LogP contribution in [0.2, 0.25) is 0 Å². The Balaban J connectivity index is 0. The van der Waals surface area contributed by atoms with E-state index in [4.69, 9.17) is 5.73 Å². The van der Waals surface area contributed by atoms with Crippen molar-refractivity contribution in [3.05, 3.63) is 0 Å². The van der Waals surface area contributed by atoms with E-state index in [1.165, 1.54) is 133 Å². The van der Waals surface area contributed by atoms with Gasteiger partial charge < -0.3 is 25.9 Å². The van der Waals surface area contributed by atoms with Gasteiger partial charge in [0.25, 0.3) is 0 Å². The maximum Gasteiger partial charge on any atom is 0.219 e. The molecule has 204 valence electrons. The highest BCUT2D eigenvalue weighted by atomic mass is 16.4. The second-order valence-electron chi connectivity index (χ2n) is 10.1. The summed E-state index contributed by atoms with van der Waals surface area (Å²) in [6.07, 6.45) is 22.5. The molecule has 0 aliphatic rings. The summed E-state index contributed by atoms with van der Waals surface area (Å²) in [5.74, 6) is -2.21. The fourth-order valence-corrected chi connectivity index (χ4v) is 4.47. The van der Waals surface area contributed by atoms with Crippen LogP contribution < -0.4 is 16.6 Å². The van der Waals surface area contributed by atoms with Crippen LogP contribution in [-0.4, -0.2) is 48.6 Å². The third kappa shape index (κ3) is 22.6. The molecule has 0 rings (SSSR count). The minimum absolute atomic E-state index is 0.373. The maximum atomic E-state index is 9.97. The number of hydrogen-bond donors (Lipinski definition) is 2. The molecule has 34 heavy (non-hydrogen) atoms. The highest BCUT2D eigenvalue weighted by Gasteiger charge is 2.25. The van der Waals surface area contributed by atoms with Gasteiger partial charge in [0.2, 0.25) is 5.91 Å². The number of hydrogen-bond acceptors (Lipinski definition) is 4. The van der Waals surface area contributed by atoms with Crippen molar-refractivity contribution >= 4 is 11.9 Å². The Labute approximate surface area is 211 Å². The summed E-state index contributed by atoms with van der Waals surface area (Å²) in [4.78, 5) is 19.8. The molecular formula is C28H59N3O3. The minimum Gasteiger partial charge on any atom is -0.548 e. The van der Waals surface area contributed by atoms with Crippen molar-refractivity contribution in [1.82, 2.24) is 0 Å². The number of nitrogens with two attached hydrogens (primary N) is 2. The van der Waals surface area contributed by atoms with E-state index in [2.05, 4.69) is 33.4 Å². The standard InChI is InChI=1S/C24H52N.C4H8N2O3/c1-5-9-13-17-21-25(22-18-14-10-6-2,23-19-15-11-7-3)24-20-16-12-8-4;5-2(4(8)9)1-3(6)7/h5-24H2,1-4H3;2H,1,5H2,(H2,6,7)(H,8,9)/q+1;/p-1/t;2-/m.0/s1. The Hall–Kier alpha value is -1.14. The molecule has 0 bridgehead atoms. The predicted octanol–water partition coefficient (Wildman–Crippen LogP) is 5.06. The van der Waals surface area contributed by atoms with Crippen LogP contribution in [0.25, 0.3) is 0 Å². The van der Waals surface area contributed by atoms with E-state index in [1.54, 1.807) is 0 Å². The van der Waals surface area contributed by atoms with Crippen LogP contribution in [0.1, 0.15) is 137 Å². The van der Waals surface area contributed by atoms with Crippen molar-refractivity contribution < 1.29 is 19.2 Å². The van der Waals surface area contributed by atoms with Gasteiger partial charge in [0, 0.05) is 6.42 Å². The van der Waals surface area contributed by atoms with E-state index in [0.29, 0.717) is 0 Å². The van der Waals surface area contributed by atoms with Crippen LogP contribution in [0.15, 0.2) is 0 Å². The van der Waals surface area contributed by atoms with Gasteiger partial charge in [0.05, 0.1) is 38.2 Å². The van der Waals surface area contributed by atoms with E-state index in [1.807, 2.05) is 0 Å². The van der Waals surface area contributed by atoms with Crippen LogP contribution >= 0.6 is 0 Å². The van der Waals surface area contributed by atoms with Crippen LogP contribution in [0, 0.1) is 0 Å². The molecule has 0 saturated carbocycles. The highest BCUT2D eigenvalue weighted by Crippen LogP contribution is 2.19. The van der Waals surface area contributed by atoms with Gasteiger partial charge in [-0.05, 0) is 51.4 Å². The van der Waals surface area contributed by atoms with Gasteiger partial charge in [-0.1, -0.05) is 79.1 Å². The third-order valence-electron chi connectivity index (χ3n) is 6.67. The molecule has 0 fully saturated rings. The number of quaternary nitrogens is 1. The first-order valence-electron chi connectivity index (χ1n) is 14.4. The Morgan fingerprint density at radius 2 is 0.912 bits per heavy atom. The summed E-state index contributed by atoms with van der Waals surface area (Å²) in [5, 5.41) is 9.79. The first-order valence-corrected chi connectivity index (χ1v) is 14.4. The normalized spacial score (nSPS) is 12.1. The largest absolute Gasteiger partial charge is 0.548 e. The number of carboxylic acids is 1. The molecule has 0 unspecified atom stereocenters. The lowest BCUT2D eigenvalue weighted by Gasteiger charge is -2.39. The SMILES string of the molecule is CCCCCC[N+](CCCCCC)(CCCCCC)CCCCCC.NC(=O)C[C@H](N)C(=O)[O-]. The zero-order chi connectivity index (χ0) is 26.1. The molecule has 0 aromatic carbocycles. The van der Waals surface area contributed by atoms with E-state index < -0.39 is 17.9 Å². The number of primary amides is 1. The summed E-state index contributed by atoms with van der Waals surface area (Å²) in [6.45, 7) is 15.2. The number of aliphatic carboxylic acids is 1. The van der Waals surface area contributed by atoms with Crippen LogP contribution in [-0.2, 0) is 9.59 Å². The molecule has 6 heteroatoms. The summed E-state index contributed by atoms with van der Waals surface area (Å²) in [5.41, 5.74) is 9.48. The summed E-state index contributed by atoms with van der Waals surface area (Å²) in [6, 6.07) is -1.28. The number of carbonyl (C=O) groups excluding carboxylic acids is 2. The maximum absolute atomic E-state index is 9.97. The van der Waals surface area contributed by atoms with Gasteiger partial charge in [-0.3, -0.25) is 4.79 Å². The van der Waals surface area contributed by atoms with E-state index in [-0.39, 0.29) is 6.42 Å². The molecule has 4 N–H and O–H groups in total. The summed E-state index contributed by atoms with van der Waals surface area (Å²) < 4.78 is 1.46. The molecule has 0 aromatic rings. The second-order valence-corrected chi connectivity index (χ2v) is 10.1. The molecule has 1 atom stereocenters. The fourth-order valence-electron chi connectivity index (χ4n) is 4.47. The Morgan fingerprint density at radius 1 is 0.618 bits per heavy atom. The number of carboxylic acid groups (broad SMARTS) is 1. The summed E-state index contributed by atoms with van der Waals surface area (Å²) >= 11 is 0. The van der Waals surface area contributed by atoms with Crippen molar-refractivity contribution in [2.75, 3.05) is 26.2 Å². The third-order valence-corrected chi connectivity index (χ3v) is 6.67. The average molecular weight is 486 g/mol. The summed E-state index contributed by atoms with van der Waals surface area (Å²) in [7, 11) is 0. The lowest BCUT2D eigenvalue weighted by atomic mass is 10.1. The second kappa shape index (κ2) is 25.0. The van der Waals surface area contributed by atoms with Crippen molar-refractivity contribution in [1.29, 1.82) is 0 Å². The van der Waals surface area contributed by atoms with Gasteiger partial charge in [0.1, 0.15) is 0 Å². The van der Waals surface area contributed by atoms with Crippen molar-refractivity contribution in [2.45, 2.75) is 143 Å². The first-order chi connectivity index (χ1) is 16.3. The number of amides is 1. The first kappa shape index (κ1) is 35.0. The van der Waals surface area contributed by atoms with Gasteiger partial charge in [-0.2, -0.15) is 0 Å². The molecule has 0 radical (unpaired) electrons. The number of nitrogens with zero attached hydrogens (tertiary/aromatic N) is 1. The average Bonchev–Trinajstić information content (AvgIpc) is 2.80. The molecule has 0 aliphatic heterocycles. The van der Waals surface area contributed by atoms with Crippen molar-refractivity contribution in [3.63, 3.8) is 0 Å². The molecule has 0 spiro atoms. The smallest absolute Gasteiger partial charge is 0.219 e. The van der Waals surface area contributed by atoms with E-state index >= 15 is 0 Å². The topological polar surface area (TPSA) is 109 Å². The molecule has 0 heterocycles. The fraction of sp³-hybridized carbons (Fsp3) is 0.929. The zero-order valence-corrected chi connectivity index (χ0v) is 23.3. The van der Waals surface area contributed by atoms with Gasteiger partial charge in [-0.15, -0.1) is 0 Å². The molecule has 1 amide bonds. The molecular weight excluding hydrogens is 426 g/mol. The highest BCUT2D eigenvalue weighted by molar-refractivity contribution is 5.82. The molecule has 0 aliphatic carbocycles. The number of unbranched alkanes of at least 4 members (excludes halogenated alkanes) is 12. The number of rotatable bonds is 23. The van der Waals surface area contributed by atoms with Gasteiger partial charge in [-0.25, -0.2) is 0 Å². The molecule has 0 aromatic heterocycles. The van der Waals surface area contributed by atoms with E-state index in [9.17, 15) is 14.7 Å². The van der Waals surface area contributed by atoms with Gasteiger partial charge in [0.15, 0.2) is 0 Å². The van der Waals surface area contributed by atoms with E-state index in [0.717, 1.165) is 0 Å². The zero-order valence-electron chi connectivity index (χ0n) is 23.3. The number of carbonyl (C=O) groups is 2. The Bertz CT molecular complexity index is 418. The van der Waals surface area contributed by atoms with Crippen molar-refractivity contribution in [3.8, 4) is 0 Å². The van der Waals surface area contributed by atoms with Gasteiger partial charge >= 0.3 is 0 Å². The Kier molecular flexibility index (Phi) is 25.7. The minimum atomic E-state index is -1.46. The lowest BCUT2D eigenvalue weighted by Crippen LogP contribution is -2.50. The van der Waals surface area contributed by atoms with Crippen LogP contribution in [0.4, 0.5) is 0 Å². The predicted molar refractivity (Wildman–Crippen MR) is 143 cm³/mol. The monoisotopic (exact) mass is 485 g/mol. The quantitative estimate of drug-likeness (QED) is 0.156.